The standard InChI is InChI=1S/C20H19N7O7S2.Na/c1-26(2)16(29)10-5-9(34-25-10)4-3-8-6-35-18-13(17(30)27(18)14(8)19(31)32)23-15(28)12(24-33)11-7-36-20(21)22-11;/h3-5,7,13,18,33H,6H2,1-2H3,(H2,21,22)(H,23,28)(H,31,32);/q;+1/p-1/b4-3+,24-12-;. The smallest absolute Gasteiger partial charge is 0.857 e. The summed E-state index contributed by atoms with van der Waals surface area (Å²) in [6.07, 6.45) is 2.90. The Hall–Kier alpha value is -3.18. The summed E-state index contributed by atoms with van der Waals surface area (Å²) in [5.41, 5.74) is 5.21. The maximum absolute atomic E-state index is 12.8. The average Bonchev–Trinajstić information content (AvgIpc) is 3.49. The van der Waals surface area contributed by atoms with Crippen molar-refractivity contribution in [3.63, 3.8) is 0 Å². The van der Waals surface area contributed by atoms with E-state index in [0.717, 1.165) is 16.2 Å². The second-order valence-electron chi connectivity index (χ2n) is 7.63. The molecule has 0 aliphatic carbocycles. The van der Waals surface area contributed by atoms with Gasteiger partial charge in [-0.3, -0.25) is 19.5 Å². The molecule has 188 valence electrons. The molecule has 1 fully saturated rings. The zero-order chi connectivity index (χ0) is 26.1. The average molecular weight is 556 g/mol. The van der Waals surface area contributed by atoms with E-state index >= 15 is 0 Å². The third-order valence-corrected chi connectivity index (χ3v) is 7.06. The fourth-order valence-electron chi connectivity index (χ4n) is 3.40. The third-order valence-electron chi connectivity index (χ3n) is 5.10. The van der Waals surface area contributed by atoms with E-state index in [0.29, 0.717) is 5.57 Å². The first-order valence-corrected chi connectivity index (χ1v) is 12.0. The van der Waals surface area contributed by atoms with E-state index in [1.165, 1.54) is 40.3 Å². The summed E-state index contributed by atoms with van der Waals surface area (Å²) in [6, 6.07) is 0.244. The maximum atomic E-state index is 12.8. The van der Waals surface area contributed by atoms with Crippen LogP contribution in [-0.4, -0.2) is 90.9 Å². The molecule has 2 atom stereocenters. The van der Waals surface area contributed by atoms with E-state index in [9.17, 15) is 29.8 Å². The van der Waals surface area contributed by atoms with Crippen molar-refractivity contribution >= 4 is 63.7 Å². The van der Waals surface area contributed by atoms with Crippen LogP contribution in [0.1, 0.15) is 21.9 Å². The van der Waals surface area contributed by atoms with Crippen LogP contribution in [-0.2, 0) is 9.59 Å². The first-order valence-electron chi connectivity index (χ1n) is 10.1. The number of aromatic nitrogens is 2. The number of nitrogens with two attached hydrogens (primary N) is 1. The van der Waals surface area contributed by atoms with Gasteiger partial charge in [0.25, 0.3) is 11.8 Å². The molecule has 14 nitrogen and oxygen atoms in total. The summed E-state index contributed by atoms with van der Waals surface area (Å²) >= 11 is 2.24. The summed E-state index contributed by atoms with van der Waals surface area (Å²) in [6.45, 7) is 0. The normalized spacial score (nSPS) is 19.9. The van der Waals surface area contributed by atoms with Crippen LogP contribution >= 0.6 is 23.1 Å². The van der Waals surface area contributed by atoms with Gasteiger partial charge in [-0.15, -0.1) is 23.1 Å². The third kappa shape index (κ3) is 5.57. The molecule has 4 rings (SSSR count). The Labute approximate surface area is 239 Å². The first-order chi connectivity index (χ1) is 17.1. The molecule has 0 radical (unpaired) electrons. The number of carboxylic acid groups (broad SMARTS) is 1. The minimum Gasteiger partial charge on any atom is -0.857 e. The molecule has 17 heteroatoms. The number of amides is 2. The topological polar surface area (TPSA) is 211 Å². The fourth-order valence-corrected chi connectivity index (χ4v) is 5.25. The molecule has 37 heavy (non-hydrogen) atoms. The summed E-state index contributed by atoms with van der Waals surface area (Å²) in [5, 5.41) is 39.0. The number of fused-ring (bicyclic) bond motifs is 1. The molecule has 0 aromatic carbocycles. The van der Waals surface area contributed by atoms with Crippen molar-refractivity contribution in [1.82, 2.24) is 19.9 Å². The summed E-state index contributed by atoms with van der Waals surface area (Å²) in [4.78, 5) is 46.8. The van der Waals surface area contributed by atoms with Crippen LogP contribution in [0, 0.1) is 0 Å². The number of anilines is 1. The molecule has 2 aliphatic rings. The zero-order valence-corrected chi connectivity index (χ0v) is 23.3. The van der Waals surface area contributed by atoms with Crippen molar-refractivity contribution in [2.75, 3.05) is 25.6 Å². The number of allylic oxidation sites excluding steroid dienone is 1. The second kappa shape index (κ2) is 11.5. The van der Waals surface area contributed by atoms with Crippen molar-refractivity contribution in [1.29, 1.82) is 0 Å². The molecule has 0 spiro atoms. The number of carboxylic acids is 1. The number of nitrogens with zero attached hydrogens (tertiary/aromatic N) is 6. The van der Waals surface area contributed by atoms with Gasteiger partial charge in [0.15, 0.2) is 22.6 Å². The Morgan fingerprint density at radius 3 is 2.68 bits per heavy atom. The van der Waals surface area contributed by atoms with Crippen molar-refractivity contribution in [2.24, 2.45) is 10.1 Å². The number of thioether (sulfide) groups is 1. The van der Waals surface area contributed by atoms with Gasteiger partial charge < -0.3 is 30.6 Å². The van der Waals surface area contributed by atoms with Gasteiger partial charge in [0, 0.05) is 37.2 Å². The minimum absolute atomic E-state index is 0. The molecule has 1 saturated heterocycles. The Balaban J connectivity index is 0.00000380. The largest absolute Gasteiger partial charge is 1.00 e. The van der Waals surface area contributed by atoms with E-state index < -0.39 is 34.9 Å². The Morgan fingerprint density at radius 2 is 2.08 bits per heavy atom. The van der Waals surface area contributed by atoms with Crippen LogP contribution in [0.3, 0.4) is 0 Å². The van der Waals surface area contributed by atoms with Crippen LogP contribution in [0.4, 0.5) is 5.13 Å². The van der Waals surface area contributed by atoms with Crippen molar-refractivity contribution in [3.8, 4) is 0 Å². The minimum atomic E-state index is -1.34. The SMILES string of the molecule is CN(C)C(=O)c1cc(/C=C/C2=C(C(=O)O)N3C(=O)C(N=C([O-])/C(=N\O)c4csc(N)n4)C3SC2)on1.[Na+]. The number of hydrogen-bond acceptors (Lipinski definition) is 13. The number of oxime groups is 1. The van der Waals surface area contributed by atoms with Crippen LogP contribution in [0.2, 0.25) is 0 Å². The first kappa shape index (κ1) is 28.4. The summed E-state index contributed by atoms with van der Waals surface area (Å²) in [7, 11) is 3.13. The molecule has 2 aromatic heterocycles. The maximum Gasteiger partial charge on any atom is 1.00 e. The van der Waals surface area contributed by atoms with E-state index in [4.69, 9.17) is 10.3 Å². The fraction of sp³-hybridized carbons (Fsp3) is 0.250. The number of thiazole rings is 1. The molecule has 2 aliphatic heterocycles. The van der Waals surface area contributed by atoms with Gasteiger partial charge in [-0.2, -0.15) is 0 Å². The quantitative estimate of drug-likeness (QED) is 0.0769. The van der Waals surface area contributed by atoms with Crippen LogP contribution in [0.5, 0.6) is 0 Å². The van der Waals surface area contributed by atoms with Gasteiger partial charge >= 0.3 is 35.5 Å². The van der Waals surface area contributed by atoms with Gasteiger partial charge in [0.2, 0.25) is 0 Å². The van der Waals surface area contributed by atoms with Gasteiger partial charge in [-0.05, 0) is 11.6 Å². The van der Waals surface area contributed by atoms with Crippen LogP contribution in [0.25, 0.3) is 6.08 Å². The number of rotatable bonds is 7. The second-order valence-corrected chi connectivity index (χ2v) is 9.63. The van der Waals surface area contributed by atoms with Gasteiger partial charge in [-0.25, -0.2) is 9.78 Å². The summed E-state index contributed by atoms with van der Waals surface area (Å²) < 4.78 is 5.10. The molecule has 0 saturated carbocycles. The van der Waals surface area contributed by atoms with Gasteiger partial charge in [-0.1, -0.05) is 16.4 Å². The number of hydrogen-bond donors (Lipinski definition) is 3. The number of aliphatic carboxylic acids is 1. The molecule has 4 heterocycles. The van der Waals surface area contributed by atoms with E-state index in [1.54, 1.807) is 14.1 Å². The number of carbonyl (C=O) groups excluding carboxylic acids is 2. The molecule has 2 unspecified atom stereocenters. The van der Waals surface area contributed by atoms with E-state index in [-0.39, 0.29) is 69.2 Å². The number of nitrogen functional groups attached to an aromatic ring is 1. The van der Waals surface area contributed by atoms with E-state index in [2.05, 4.69) is 20.3 Å². The summed E-state index contributed by atoms with van der Waals surface area (Å²) in [5.74, 6) is -2.97. The van der Waals surface area contributed by atoms with Gasteiger partial charge in [0.1, 0.15) is 22.5 Å². The van der Waals surface area contributed by atoms with Gasteiger partial charge in [0.05, 0.1) is 0 Å². The Bertz CT molecular complexity index is 1360. The van der Waals surface area contributed by atoms with E-state index in [1.807, 2.05) is 0 Å². The number of carbonyl (C=O) groups is 3. The molecule has 4 N–H and O–H groups in total. The molecular weight excluding hydrogens is 537 g/mol. The number of aliphatic imine (C=N–C) groups is 1. The van der Waals surface area contributed by atoms with Crippen molar-refractivity contribution < 1.29 is 63.9 Å². The molecular formula is C20H18N7NaO7S2. The van der Waals surface area contributed by atoms with Crippen LogP contribution in [0.15, 0.2) is 43.5 Å². The zero-order valence-electron chi connectivity index (χ0n) is 19.7. The molecule has 2 amide bonds. The monoisotopic (exact) mass is 555 g/mol. The van der Waals surface area contributed by atoms with Crippen molar-refractivity contribution in [3.05, 3.63) is 45.9 Å². The Kier molecular flexibility index (Phi) is 8.80. The Morgan fingerprint density at radius 1 is 1.35 bits per heavy atom. The molecule has 2 aromatic rings. The predicted octanol–water partition coefficient (Wildman–Crippen LogP) is -3.31. The van der Waals surface area contributed by atoms with Crippen LogP contribution < -0.4 is 40.4 Å². The van der Waals surface area contributed by atoms with Crippen molar-refractivity contribution in [2.45, 2.75) is 11.4 Å². The number of β-lactam (4-membered cyclic amide) rings is 1. The predicted molar refractivity (Wildman–Crippen MR) is 127 cm³/mol. The molecule has 0 bridgehead atoms.